The van der Waals surface area contributed by atoms with Gasteiger partial charge in [-0.15, -0.1) is 11.3 Å². The summed E-state index contributed by atoms with van der Waals surface area (Å²) in [6.07, 6.45) is 0. The number of benzene rings is 2. The van der Waals surface area contributed by atoms with E-state index in [1.807, 2.05) is 29.6 Å². The van der Waals surface area contributed by atoms with Gasteiger partial charge in [0.25, 0.3) is 0 Å². The molecular formula is C16H13F2NOS. The number of nitrogens with two attached hydrogens (primary N) is 1. The second kappa shape index (κ2) is 5.79. The Hall–Kier alpha value is -1.98. The highest BCUT2D eigenvalue weighted by atomic mass is 32.1. The molecule has 0 aliphatic carbocycles. The summed E-state index contributed by atoms with van der Waals surface area (Å²) in [5.41, 5.74) is 6.69. The van der Waals surface area contributed by atoms with Crippen LogP contribution in [0.5, 0.6) is 5.75 Å². The van der Waals surface area contributed by atoms with Gasteiger partial charge in [0.05, 0.1) is 0 Å². The molecule has 0 saturated heterocycles. The molecule has 0 fully saturated rings. The fraction of sp³-hybridized carbons (Fsp3) is 0.125. The van der Waals surface area contributed by atoms with Gasteiger partial charge >= 0.3 is 0 Å². The van der Waals surface area contributed by atoms with E-state index in [1.165, 1.54) is 12.1 Å². The van der Waals surface area contributed by atoms with E-state index in [0.29, 0.717) is 5.56 Å². The summed E-state index contributed by atoms with van der Waals surface area (Å²) in [7, 11) is 0. The highest BCUT2D eigenvalue weighted by molar-refractivity contribution is 7.17. The number of ether oxygens (including phenoxy) is 1. The molecule has 3 rings (SSSR count). The Morgan fingerprint density at radius 1 is 1.10 bits per heavy atom. The molecule has 0 unspecified atom stereocenters. The van der Waals surface area contributed by atoms with Crippen molar-refractivity contribution in [1.29, 1.82) is 0 Å². The zero-order valence-corrected chi connectivity index (χ0v) is 11.9. The first kappa shape index (κ1) is 14.0. The maximum absolute atomic E-state index is 13.8. The molecule has 1 heterocycles. The van der Waals surface area contributed by atoms with Crippen molar-refractivity contribution in [3.63, 3.8) is 0 Å². The summed E-state index contributed by atoms with van der Waals surface area (Å²) in [5, 5.41) is 2.98. The van der Waals surface area contributed by atoms with Gasteiger partial charge in [0.2, 0.25) is 0 Å². The van der Waals surface area contributed by atoms with Crippen LogP contribution in [-0.4, -0.2) is 0 Å². The average molecular weight is 305 g/mol. The number of fused-ring (bicyclic) bond motifs is 1. The molecule has 1 aromatic heterocycles. The van der Waals surface area contributed by atoms with Gasteiger partial charge in [-0.25, -0.2) is 8.78 Å². The van der Waals surface area contributed by atoms with Gasteiger partial charge in [0, 0.05) is 16.8 Å². The Bertz CT molecular complexity index is 762. The number of rotatable bonds is 4. The molecule has 2 N–H and O–H groups in total. The third-order valence-electron chi connectivity index (χ3n) is 3.23. The van der Waals surface area contributed by atoms with Gasteiger partial charge in [-0.1, -0.05) is 18.2 Å². The highest BCUT2D eigenvalue weighted by Gasteiger charge is 2.13. The summed E-state index contributed by atoms with van der Waals surface area (Å²) in [5.74, 6) is -1.81. The predicted molar refractivity (Wildman–Crippen MR) is 80.4 cm³/mol. The van der Waals surface area contributed by atoms with Gasteiger partial charge in [-0.3, -0.25) is 0 Å². The van der Waals surface area contributed by atoms with Crippen LogP contribution in [0.3, 0.4) is 0 Å². The second-order valence-corrected chi connectivity index (χ2v) is 5.55. The Morgan fingerprint density at radius 2 is 1.81 bits per heavy atom. The van der Waals surface area contributed by atoms with Crippen LogP contribution >= 0.6 is 11.3 Å². The maximum atomic E-state index is 13.8. The summed E-state index contributed by atoms with van der Waals surface area (Å²) in [6.45, 7) is 0.211. The van der Waals surface area contributed by atoms with E-state index in [-0.39, 0.29) is 18.9 Å². The minimum atomic E-state index is -0.727. The lowest BCUT2D eigenvalue weighted by atomic mass is 10.2. The normalized spacial score (nSPS) is 11.0. The summed E-state index contributed by atoms with van der Waals surface area (Å²) in [4.78, 5) is 0. The SMILES string of the molecule is NCc1cc(F)c(OCc2csc3ccccc23)c(F)c1. The highest BCUT2D eigenvalue weighted by Crippen LogP contribution is 2.28. The lowest BCUT2D eigenvalue weighted by Crippen LogP contribution is -2.03. The fourth-order valence-electron chi connectivity index (χ4n) is 2.16. The number of hydrogen-bond acceptors (Lipinski definition) is 3. The zero-order valence-electron chi connectivity index (χ0n) is 11.1. The molecule has 21 heavy (non-hydrogen) atoms. The Kier molecular flexibility index (Phi) is 3.86. The van der Waals surface area contributed by atoms with Crippen molar-refractivity contribution in [1.82, 2.24) is 0 Å². The third-order valence-corrected chi connectivity index (χ3v) is 4.24. The first-order valence-corrected chi connectivity index (χ1v) is 7.33. The summed E-state index contributed by atoms with van der Waals surface area (Å²) in [6, 6.07) is 10.2. The molecule has 0 saturated carbocycles. The summed E-state index contributed by atoms with van der Waals surface area (Å²) >= 11 is 1.58. The van der Waals surface area contributed by atoms with Crippen LogP contribution in [-0.2, 0) is 13.2 Å². The lowest BCUT2D eigenvalue weighted by Gasteiger charge is -2.09. The standard InChI is InChI=1S/C16H13F2NOS/c17-13-5-10(7-19)6-14(18)16(13)20-8-11-9-21-15-4-2-1-3-12(11)15/h1-6,9H,7-8,19H2. The van der Waals surface area contributed by atoms with E-state index in [9.17, 15) is 8.78 Å². The predicted octanol–water partition coefficient (Wildman–Crippen LogP) is 4.22. The van der Waals surface area contributed by atoms with Gasteiger partial charge in [-0.05, 0) is 34.5 Å². The quantitative estimate of drug-likeness (QED) is 0.783. The van der Waals surface area contributed by atoms with Crippen molar-refractivity contribution in [2.24, 2.45) is 5.73 Å². The molecule has 0 amide bonds. The van der Waals surface area contributed by atoms with Gasteiger partial charge in [0.1, 0.15) is 6.61 Å². The van der Waals surface area contributed by atoms with Crippen LogP contribution in [0, 0.1) is 11.6 Å². The summed E-state index contributed by atoms with van der Waals surface area (Å²) < 4.78 is 34.1. The van der Waals surface area contributed by atoms with Gasteiger partial charge < -0.3 is 10.5 Å². The largest absolute Gasteiger partial charge is 0.483 e. The molecule has 0 atom stereocenters. The van der Waals surface area contributed by atoms with E-state index in [2.05, 4.69) is 0 Å². The van der Waals surface area contributed by atoms with Crippen LogP contribution in [0.2, 0.25) is 0 Å². The van der Waals surface area contributed by atoms with Crippen molar-refractivity contribution in [3.05, 3.63) is 64.5 Å². The Labute approximate surface area is 124 Å². The molecule has 3 aromatic rings. The van der Waals surface area contributed by atoms with Crippen LogP contribution in [0.4, 0.5) is 8.78 Å². The Morgan fingerprint density at radius 3 is 2.52 bits per heavy atom. The van der Waals surface area contributed by atoms with Crippen molar-refractivity contribution in [3.8, 4) is 5.75 Å². The van der Waals surface area contributed by atoms with E-state index < -0.39 is 11.6 Å². The number of halogens is 2. The molecule has 0 aliphatic rings. The average Bonchev–Trinajstić information content (AvgIpc) is 2.89. The van der Waals surface area contributed by atoms with Crippen molar-refractivity contribution in [2.75, 3.05) is 0 Å². The Balaban J connectivity index is 1.85. The molecule has 0 aliphatic heterocycles. The van der Waals surface area contributed by atoms with Gasteiger partial charge in [-0.2, -0.15) is 0 Å². The van der Waals surface area contributed by atoms with E-state index in [0.717, 1.165) is 15.6 Å². The molecule has 108 valence electrons. The molecular weight excluding hydrogens is 292 g/mol. The van der Waals surface area contributed by atoms with Crippen molar-refractivity contribution < 1.29 is 13.5 Å². The van der Waals surface area contributed by atoms with Crippen LogP contribution in [0.15, 0.2) is 41.8 Å². The first-order valence-electron chi connectivity index (χ1n) is 6.45. The second-order valence-electron chi connectivity index (χ2n) is 4.64. The van der Waals surface area contributed by atoms with E-state index in [4.69, 9.17) is 10.5 Å². The smallest absolute Gasteiger partial charge is 0.191 e. The molecule has 2 nitrogen and oxygen atoms in total. The molecule has 0 spiro atoms. The van der Waals surface area contributed by atoms with Crippen molar-refractivity contribution >= 4 is 21.4 Å². The van der Waals surface area contributed by atoms with Gasteiger partial charge in [0.15, 0.2) is 17.4 Å². The monoisotopic (exact) mass is 305 g/mol. The number of thiophene rings is 1. The molecule has 2 aromatic carbocycles. The van der Waals surface area contributed by atoms with E-state index in [1.54, 1.807) is 11.3 Å². The lowest BCUT2D eigenvalue weighted by molar-refractivity contribution is 0.275. The molecule has 0 radical (unpaired) electrons. The number of hydrogen-bond donors (Lipinski definition) is 1. The minimum absolute atomic E-state index is 0.0866. The minimum Gasteiger partial charge on any atom is -0.483 e. The molecule has 5 heteroatoms. The first-order chi connectivity index (χ1) is 10.2. The van der Waals surface area contributed by atoms with Crippen molar-refractivity contribution in [2.45, 2.75) is 13.2 Å². The topological polar surface area (TPSA) is 35.2 Å². The maximum Gasteiger partial charge on any atom is 0.191 e. The van der Waals surface area contributed by atoms with Crippen LogP contribution in [0.1, 0.15) is 11.1 Å². The zero-order chi connectivity index (χ0) is 14.8. The van der Waals surface area contributed by atoms with Crippen LogP contribution < -0.4 is 10.5 Å². The molecule has 0 bridgehead atoms. The fourth-order valence-corrected chi connectivity index (χ4v) is 3.11. The van der Waals surface area contributed by atoms with Crippen LogP contribution in [0.25, 0.3) is 10.1 Å². The third kappa shape index (κ3) is 2.75. The van der Waals surface area contributed by atoms with E-state index >= 15 is 0 Å².